The van der Waals surface area contributed by atoms with Gasteiger partial charge in [-0.15, -0.1) is 11.3 Å². The number of aromatic nitrogens is 2. The molecule has 2 rings (SSSR count). The fourth-order valence-corrected chi connectivity index (χ4v) is 3.67. The van der Waals surface area contributed by atoms with Crippen LogP contribution in [0.15, 0.2) is 11.4 Å². The van der Waals surface area contributed by atoms with Crippen molar-refractivity contribution < 1.29 is 4.79 Å². The Morgan fingerprint density at radius 3 is 2.65 bits per heavy atom. The molecule has 0 aliphatic heterocycles. The molecular weight excluding hydrogens is 308 g/mol. The molecule has 0 fully saturated rings. The van der Waals surface area contributed by atoms with Gasteiger partial charge in [0.25, 0.3) is 0 Å². The largest absolute Gasteiger partial charge is 0.354 e. The van der Waals surface area contributed by atoms with E-state index in [-0.39, 0.29) is 11.9 Å². The maximum atomic E-state index is 12.2. The standard InChI is InChI=1S/C17H26N4OS/c1-11-8-9-23-17(11)15(21(4)5)10-18-16(22)7-6-14-12(2)13(3)19-20-14/h8-9,15H,6-7,10H2,1-5H3,(H,18,22)(H,19,20)/t15-/m0/s1. The first-order valence-electron chi connectivity index (χ1n) is 7.87. The summed E-state index contributed by atoms with van der Waals surface area (Å²) in [6, 6.07) is 2.34. The summed E-state index contributed by atoms with van der Waals surface area (Å²) >= 11 is 1.75. The summed E-state index contributed by atoms with van der Waals surface area (Å²) in [7, 11) is 4.09. The third-order valence-corrected chi connectivity index (χ3v) is 5.38. The molecule has 126 valence electrons. The zero-order valence-corrected chi connectivity index (χ0v) is 15.4. The average molecular weight is 334 g/mol. The van der Waals surface area contributed by atoms with Crippen molar-refractivity contribution >= 4 is 17.2 Å². The van der Waals surface area contributed by atoms with Crippen LogP contribution in [0.4, 0.5) is 0 Å². The van der Waals surface area contributed by atoms with Gasteiger partial charge in [0, 0.05) is 30.0 Å². The lowest BCUT2D eigenvalue weighted by atomic mass is 10.1. The van der Waals surface area contributed by atoms with Crippen LogP contribution in [0.25, 0.3) is 0 Å². The fraction of sp³-hybridized carbons (Fsp3) is 0.529. The summed E-state index contributed by atoms with van der Waals surface area (Å²) in [6.45, 7) is 6.78. The van der Waals surface area contributed by atoms with E-state index in [9.17, 15) is 4.79 Å². The van der Waals surface area contributed by atoms with E-state index in [1.165, 1.54) is 10.4 Å². The molecule has 2 aromatic heterocycles. The molecular formula is C17H26N4OS. The summed E-state index contributed by atoms with van der Waals surface area (Å²) in [5.74, 6) is 0.0751. The second-order valence-corrected chi connectivity index (χ2v) is 7.12. The van der Waals surface area contributed by atoms with E-state index in [0.717, 1.165) is 17.0 Å². The van der Waals surface area contributed by atoms with Crippen LogP contribution < -0.4 is 5.32 Å². The number of rotatable bonds is 7. The highest BCUT2D eigenvalue weighted by Crippen LogP contribution is 2.26. The highest BCUT2D eigenvalue weighted by molar-refractivity contribution is 7.10. The number of likely N-dealkylation sites (N-methyl/N-ethyl adjacent to an activating group) is 1. The minimum Gasteiger partial charge on any atom is -0.354 e. The van der Waals surface area contributed by atoms with Crippen LogP contribution in [0, 0.1) is 20.8 Å². The molecule has 0 unspecified atom stereocenters. The first-order valence-corrected chi connectivity index (χ1v) is 8.75. The van der Waals surface area contributed by atoms with Gasteiger partial charge >= 0.3 is 0 Å². The maximum absolute atomic E-state index is 12.2. The van der Waals surface area contributed by atoms with Gasteiger partial charge in [0.1, 0.15) is 0 Å². The summed E-state index contributed by atoms with van der Waals surface area (Å²) in [4.78, 5) is 15.6. The Kier molecular flexibility index (Phi) is 5.96. The number of H-pyrrole nitrogens is 1. The second kappa shape index (κ2) is 7.75. The van der Waals surface area contributed by atoms with E-state index in [1.807, 2.05) is 27.9 Å². The average Bonchev–Trinajstić information content (AvgIpc) is 3.05. The number of carbonyl (C=O) groups excluding carboxylic acids is 1. The Labute approximate surface area is 142 Å². The van der Waals surface area contributed by atoms with Crippen LogP contribution in [0.5, 0.6) is 0 Å². The maximum Gasteiger partial charge on any atom is 0.220 e. The minimum absolute atomic E-state index is 0.0751. The minimum atomic E-state index is 0.0751. The van der Waals surface area contributed by atoms with Gasteiger partial charge in [0.05, 0.1) is 11.7 Å². The molecule has 1 amide bonds. The Hall–Kier alpha value is -1.66. The monoisotopic (exact) mass is 334 g/mol. The number of carbonyl (C=O) groups is 1. The number of aromatic amines is 1. The Balaban J connectivity index is 1.87. The van der Waals surface area contributed by atoms with Crippen molar-refractivity contribution in [1.29, 1.82) is 0 Å². The van der Waals surface area contributed by atoms with Crippen molar-refractivity contribution in [3.05, 3.63) is 38.8 Å². The third-order valence-electron chi connectivity index (χ3n) is 4.26. The number of nitrogens with zero attached hydrogens (tertiary/aromatic N) is 2. The molecule has 0 aliphatic rings. The zero-order valence-electron chi connectivity index (χ0n) is 14.6. The van der Waals surface area contributed by atoms with Crippen molar-refractivity contribution in [1.82, 2.24) is 20.4 Å². The lowest BCUT2D eigenvalue weighted by molar-refractivity contribution is -0.121. The third kappa shape index (κ3) is 4.42. The molecule has 2 heterocycles. The molecule has 23 heavy (non-hydrogen) atoms. The Morgan fingerprint density at radius 2 is 2.13 bits per heavy atom. The number of aryl methyl sites for hydroxylation is 3. The fourth-order valence-electron chi connectivity index (χ4n) is 2.55. The van der Waals surface area contributed by atoms with Gasteiger partial charge in [-0.3, -0.25) is 9.89 Å². The Bertz CT molecular complexity index is 659. The number of hydrogen-bond donors (Lipinski definition) is 2. The molecule has 0 radical (unpaired) electrons. The highest BCUT2D eigenvalue weighted by Gasteiger charge is 2.18. The van der Waals surface area contributed by atoms with E-state index in [2.05, 4.69) is 38.8 Å². The lowest BCUT2D eigenvalue weighted by Crippen LogP contribution is -2.34. The molecule has 0 aliphatic carbocycles. The van der Waals surface area contributed by atoms with Crippen LogP contribution in [-0.2, 0) is 11.2 Å². The van der Waals surface area contributed by atoms with Gasteiger partial charge in [-0.2, -0.15) is 5.10 Å². The first kappa shape index (κ1) is 17.7. The number of amides is 1. The van der Waals surface area contributed by atoms with Crippen LogP contribution in [0.1, 0.15) is 39.9 Å². The molecule has 5 nitrogen and oxygen atoms in total. The number of nitrogens with one attached hydrogen (secondary N) is 2. The molecule has 6 heteroatoms. The quantitative estimate of drug-likeness (QED) is 0.818. The van der Waals surface area contributed by atoms with Crippen molar-refractivity contribution in [3.8, 4) is 0 Å². The van der Waals surface area contributed by atoms with Crippen molar-refractivity contribution in [3.63, 3.8) is 0 Å². The first-order chi connectivity index (χ1) is 10.9. The SMILES string of the molecule is Cc1ccsc1[C@H](CNC(=O)CCc1n[nH]c(C)c1C)N(C)C. The van der Waals surface area contributed by atoms with E-state index < -0.39 is 0 Å². The van der Waals surface area contributed by atoms with Gasteiger partial charge in [-0.25, -0.2) is 0 Å². The van der Waals surface area contributed by atoms with E-state index in [4.69, 9.17) is 0 Å². The molecule has 1 atom stereocenters. The van der Waals surface area contributed by atoms with Crippen molar-refractivity contribution in [2.45, 2.75) is 39.7 Å². The van der Waals surface area contributed by atoms with Gasteiger partial charge in [0.15, 0.2) is 0 Å². The van der Waals surface area contributed by atoms with Gasteiger partial charge < -0.3 is 10.2 Å². The molecule has 0 bridgehead atoms. The van der Waals surface area contributed by atoms with Crippen molar-refractivity contribution in [2.24, 2.45) is 0 Å². The van der Waals surface area contributed by atoms with Gasteiger partial charge in [-0.1, -0.05) is 0 Å². The molecule has 0 aromatic carbocycles. The predicted octanol–water partition coefficient (Wildman–Crippen LogP) is 2.75. The predicted molar refractivity (Wildman–Crippen MR) is 94.9 cm³/mol. The lowest BCUT2D eigenvalue weighted by Gasteiger charge is -2.24. The van der Waals surface area contributed by atoms with Gasteiger partial charge in [-0.05, 0) is 57.4 Å². The van der Waals surface area contributed by atoms with E-state index >= 15 is 0 Å². The summed E-state index contributed by atoms with van der Waals surface area (Å²) in [6.07, 6.45) is 1.14. The summed E-state index contributed by atoms with van der Waals surface area (Å²) in [5, 5.41) is 12.4. The summed E-state index contributed by atoms with van der Waals surface area (Å²) in [5.41, 5.74) is 4.49. The topological polar surface area (TPSA) is 61.0 Å². The van der Waals surface area contributed by atoms with Crippen LogP contribution in [0.3, 0.4) is 0 Å². The second-order valence-electron chi connectivity index (χ2n) is 6.17. The molecule has 2 aromatic rings. The Morgan fingerprint density at radius 1 is 1.39 bits per heavy atom. The molecule has 0 spiro atoms. The van der Waals surface area contributed by atoms with Crippen LogP contribution >= 0.6 is 11.3 Å². The highest BCUT2D eigenvalue weighted by atomic mass is 32.1. The van der Waals surface area contributed by atoms with E-state index in [1.54, 1.807) is 11.3 Å². The normalized spacial score (nSPS) is 12.6. The zero-order chi connectivity index (χ0) is 17.0. The van der Waals surface area contributed by atoms with Crippen molar-refractivity contribution in [2.75, 3.05) is 20.6 Å². The number of hydrogen-bond acceptors (Lipinski definition) is 4. The smallest absolute Gasteiger partial charge is 0.220 e. The molecule has 0 saturated heterocycles. The van der Waals surface area contributed by atoms with Crippen LogP contribution in [-0.4, -0.2) is 41.6 Å². The summed E-state index contributed by atoms with van der Waals surface area (Å²) < 4.78 is 0. The van der Waals surface area contributed by atoms with Gasteiger partial charge in [0.2, 0.25) is 5.91 Å². The molecule has 0 saturated carbocycles. The molecule has 2 N–H and O–H groups in total. The van der Waals surface area contributed by atoms with Crippen LogP contribution in [0.2, 0.25) is 0 Å². The van der Waals surface area contributed by atoms with E-state index in [0.29, 0.717) is 19.4 Å². The number of thiophene rings is 1.